The van der Waals surface area contributed by atoms with E-state index in [-0.39, 0.29) is 11.9 Å². The molecule has 2 aromatic carbocycles. The van der Waals surface area contributed by atoms with Gasteiger partial charge in [0.15, 0.2) is 0 Å². The van der Waals surface area contributed by atoms with Gasteiger partial charge in [-0.25, -0.2) is 12.8 Å². The molecule has 25 heavy (non-hydrogen) atoms. The maximum absolute atomic E-state index is 13.7. The molecule has 0 radical (unpaired) electrons. The minimum atomic E-state index is -3.61. The average Bonchev–Trinajstić information content (AvgIpc) is 2.88. The van der Waals surface area contributed by atoms with Crippen LogP contribution >= 0.6 is 0 Å². The van der Waals surface area contributed by atoms with Crippen molar-refractivity contribution in [3.8, 4) is 0 Å². The van der Waals surface area contributed by atoms with Crippen molar-refractivity contribution >= 4 is 10.0 Å². The second-order valence-electron chi connectivity index (χ2n) is 6.53. The van der Waals surface area contributed by atoms with Crippen molar-refractivity contribution in [2.45, 2.75) is 50.0 Å². The fourth-order valence-corrected chi connectivity index (χ4v) is 5.13. The normalized spacial score (nSPS) is 19.5. The van der Waals surface area contributed by atoms with Crippen LogP contribution in [0.2, 0.25) is 0 Å². The van der Waals surface area contributed by atoms with Crippen LogP contribution in [0.15, 0.2) is 53.4 Å². The van der Waals surface area contributed by atoms with E-state index in [0.717, 1.165) is 43.2 Å². The van der Waals surface area contributed by atoms with Crippen LogP contribution in [0.25, 0.3) is 0 Å². The summed E-state index contributed by atoms with van der Waals surface area (Å²) < 4.78 is 41.7. The predicted molar refractivity (Wildman–Crippen MR) is 97.3 cm³/mol. The van der Waals surface area contributed by atoms with Crippen molar-refractivity contribution in [2.75, 3.05) is 6.54 Å². The van der Waals surface area contributed by atoms with E-state index in [4.69, 9.17) is 0 Å². The standard InChI is InChI=1S/C20H24FNO2S/c1-2-16-10-12-19(13-11-16)25(23,24)22-14-5-3-4-9-20(22)17-7-6-8-18(21)15-17/h6-8,10-13,15,20H,2-5,9,14H2,1H3/t20-/m1/s1. The van der Waals surface area contributed by atoms with Crippen LogP contribution < -0.4 is 0 Å². The molecule has 2 aromatic rings. The van der Waals surface area contributed by atoms with E-state index in [1.165, 1.54) is 12.1 Å². The van der Waals surface area contributed by atoms with E-state index in [2.05, 4.69) is 0 Å². The van der Waals surface area contributed by atoms with E-state index in [0.29, 0.717) is 11.4 Å². The summed E-state index contributed by atoms with van der Waals surface area (Å²) in [5, 5.41) is 0. The molecule has 0 amide bonds. The molecule has 3 nitrogen and oxygen atoms in total. The molecule has 1 heterocycles. The van der Waals surface area contributed by atoms with Crippen molar-refractivity contribution in [3.63, 3.8) is 0 Å². The average molecular weight is 361 g/mol. The quantitative estimate of drug-likeness (QED) is 0.792. The van der Waals surface area contributed by atoms with E-state index >= 15 is 0 Å². The molecule has 0 aromatic heterocycles. The van der Waals surface area contributed by atoms with E-state index in [1.807, 2.05) is 25.1 Å². The monoisotopic (exact) mass is 361 g/mol. The highest BCUT2D eigenvalue weighted by Gasteiger charge is 2.33. The zero-order valence-corrected chi connectivity index (χ0v) is 15.3. The molecule has 134 valence electrons. The van der Waals surface area contributed by atoms with Gasteiger partial charge in [0.2, 0.25) is 10.0 Å². The molecule has 1 fully saturated rings. The zero-order chi connectivity index (χ0) is 17.9. The lowest BCUT2D eigenvalue weighted by atomic mass is 10.0. The molecule has 0 N–H and O–H groups in total. The summed E-state index contributed by atoms with van der Waals surface area (Å²) in [5.41, 5.74) is 1.84. The summed E-state index contributed by atoms with van der Waals surface area (Å²) in [6, 6.07) is 13.1. The third kappa shape index (κ3) is 3.93. The Morgan fingerprint density at radius 3 is 2.52 bits per heavy atom. The summed E-state index contributed by atoms with van der Waals surface area (Å²) in [4.78, 5) is 0.313. The summed E-state index contributed by atoms with van der Waals surface area (Å²) in [6.07, 6.45) is 4.36. The van der Waals surface area contributed by atoms with E-state index in [1.54, 1.807) is 22.5 Å². The number of rotatable bonds is 4. The molecule has 0 saturated carbocycles. The van der Waals surface area contributed by atoms with Crippen LogP contribution in [-0.4, -0.2) is 19.3 Å². The summed E-state index contributed by atoms with van der Waals surface area (Å²) >= 11 is 0. The van der Waals surface area contributed by atoms with Crippen molar-refractivity contribution < 1.29 is 12.8 Å². The number of benzene rings is 2. The fourth-order valence-electron chi connectivity index (χ4n) is 3.45. The first kappa shape index (κ1) is 18.1. The Labute approximate surface area is 149 Å². The minimum absolute atomic E-state index is 0.311. The SMILES string of the molecule is CCc1ccc(S(=O)(=O)N2CCCCC[C@@H]2c2cccc(F)c2)cc1. The second-order valence-corrected chi connectivity index (χ2v) is 8.42. The number of halogens is 1. The van der Waals surface area contributed by atoms with Gasteiger partial charge in [-0.15, -0.1) is 0 Å². The van der Waals surface area contributed by atoms with Gasteiger partial charge >= 0.3 is 0 Å². The van der Waals surface area contributed by atoms with Crippen molar-refractivity contribution in [2.24, 2.45) is 0 Å². The van der Waals surface area contributed by atoms with Crippen LogP contribution in [0.5, 0.6) is 0 Å². The molecule has 0 unspecified atom stereocenters. The number of hydrogen-bond donors (Lipinski definition) is 0. The first-order valence-electron chi connectivity index (χ1n) is 8.88. The lowest BCUT2D eigenvalue weighted by molar-refractivity contribution is 0.328. The van der Waals surface area contributed by atoms with Gasteiger partial charge in [-0.2, -0.15) is 4.31 Å². The van der Waals surface area contributed by atoms with Gasteiger partial charge in [-0.1, -0.05) is 44.0 Å². The zero-order valence-electron chi connectivity index (χ0n) is 14.5. The third-order valence-corrected chi connectivity index (χ3v) is 6.80. The molecule has 1 aliphatic heterocycles. The third-order valence-electron chi connectivity index (χ3n) is 4.88. The minimum Gasteiger partial charge on any atom is -0.207 e. The Bertz CT molecular complexity index is 818. The summed E-state index contributed by atoms with van der Waals surface area (Å²) in [6.45, 7) is 2.51. The predicted octanol–water partition coefficient (Wildman–Crippen LogP) is 4.69. The summed E-state index contributed by atoms with van der Waals surface area (Å²) in [7, 11) is -3.61. The molecule has 1 aliphatic rings. The summed E-state index contributed by atoms with van der Waals surface area (Å²) in [5.74, 6) is -0.327. The molecule has 0 bridgehead atoms. The van der Waals surface area contributed by atoms with Crippen LogP contribution in [0.1, 0.15) is 49.8 Å². The molecular weight excluding hydrogens is 337 g/mol. The van der Waals surface area contributed by atoms with Crippen LogP contribution in [-0.2, 0) is 16.4 Å². The van der Waals surface area contributed by atoms with Gasteiger partial charge in [0, 0.05) is 6.54 Å². The molecule has 5 heteroatoms. The topological polar surface area (TPSA) is 37.4 Å². The van der Waals surface area contributed by atoms with Crippen LogP contribution in [0.4, 0.5) is 4.39 Å². The first-order valence-corrected chi connectivity index (χ1v) is 10.3. The van der Waals surface area contributed by atoms with Gasteiger partial charge < -0.3 is 0 Å². The first-order chi connectivity index (χ1) is 12.0. The highest BCUT2D eigenvalue weighted by molar-refractivity contribution is 7.89. The maximum Gasteiger partial charge on any atom is 0.243 e. The highest BCUT2D eigenvalue weighted by atomic mass is 32.2. The van der Waals surface area contributed by atoms with E-state index in [9.17, 15) is 12.8 Å². The van der Waals surface area contributed by atoms with Gasteiger partial charge in [0.05, 0.1) is 10.9 Å². The highest BCUT2D eigenvalue weighted by Crippen LogP contribution is 2.34. The van der Waals surface area contributed by atoms with Crippen LogP contribution in [0.3, 0.4) is 0 Å². The molecule has 0 aliphatic carbocycles. The van der Waals surface area contributed by atoms with Gasteiger partial charge in [-0.05, 0) is 54.7 Å². The van der Waals surface area contributed by atoms with Crippen molar-refractivity contribution in [3.05, 3.63) is 65.5 Å². The van der Waals surface area contributed by atoms with E-state index < -0.39 is 10.0 Å². The van der Waals surface area contributed by atoms with Gasteiger partial charge in [-0.3, -0.25) is 0 Å². The Hall–Kier alpha value is -1.72. The largest absolute Gasteiger partial charge is 0.243 e. The van der Waals surface area contributed by atoms with Crippen molar-refractivity contribution in [1.82, 2.24) is 4.31 Å². The second kappa shape index (κ2) is 7.67. The molecular formula is C20H24FNO2S. The smallest absolute Gasteiger partial charge is 0.207 e. The van der Waals surface area contributed by atoms with Gasteiger partial charge in [0.25, 0.3) is 0 Å². The molecule has 3 rings (SSSR count). The number of nitrogens with zero attached hydrogens (tertiary/aromatic N) is 1. The fraction of sp³-hybridized carbons (Fsp3) is 0.400. The number of hydrogen-bond acceptors (Lipinski definition) is 2. The Morgan fingerprint density at radius 1 is 1.08 bits per heavy atom. The number of sulfonamides is 1. The molecule has 1 atom stereocenters. The van der Waals surface area contributed by atoms with Gasteiger partial charge in [0.1, 0.15) is 5.82 Å². The lowest BCUT2D eigenvalue weighted by Crippen LogP contribution is -2.34. The van der Waals surface area contributed by atoms with Crippen LogP contribution in [0, 0.1) is 5.82 Å². The molecule has 0 spiro atoms. The number of aryl methyl sites for hydroxylation is 1. The van der Waals surface area contributed by atoms with Crippen molar-refractivity contribution in [1.29, 1.82) is 0 Å². The Kier molecular flexibility index (Phi) is 5.54. The maximum atomic E-state index is 13.7. The Morgan fingerprint density at radius 2 is 1.84 bits per heavy atom. The molecule has 1 saturated heterocycles. The lowest BCUT2D eigenvalue weighted by Gasteiger charge is -2.29. The Balaban J connectivity index is 1.99.